The highest BCUT2D eigenvalue weighted by Crippen LogP contribution is 2.29. The SMILES string of the molecule is O=C(O)C(F)(CCc1ccccc1)C/C(=N\O)c1ccc(-c2ccc(Cl)cc2)c(F)c1. The van der Waals surface area contributed by atoms with Crippen molar-refractivity contribution in [3.05, 3.63) is 94.8 Å². The summed E-state index contributed by atoms with van der Waals surface area (Å²) < 4.78 is 30.0. The van der Waals surface area contributed by atoms with Crippen LogP contribution in [0, 0.1) is 5.82 Å². The molecule has 0 saturated heterocycles. The van der Waals surface area contributed by atoms with E-state index in [1.165, 1.54) is 12.1 Å². The average Bonchev–Trinajstić information content (AvgIpc) is 2.77. The Bertz CT molecular complexity index is 1090. The lowest BCUT2D eigenvalue weighted by atomic mass is 9.89. The van der Waals surface area contributed by atoms with E-state index in [-0.39, 0.29) is 29.7 Å². The van der Waals surface area contributed by atoms with Crippen molar-refractivity contribution in [1.82, 2.24) is 0 Å². The van der Waals surface area contributed by atoms with Gasteiger partial charge in [0.25, 0.3) is 0 Å². The van der Waals surface area contributed by atoms with Gasteiger partial charge in [-0.05, 0) is 42.2 Å². The third-order valence-electron chi connectivity index (χ3n) is 5.06. The van der Waals surface area contributed by atoms with Crippen LogP contribution in [0.5, 0.6) is 0 Å². The van der Waals surface area contributed by atoms with E-state index in [0.29, 0.717) is 10.6 Å². The molecule has 0 spiro atoms. The minimum atomic E-state index is -2.68. The first kappa shape index (κ1) is 22.4. The molecule has 7 heteroatoms. The molecule has 3 aromatic carbocycles. The van der Waals surface area contributed by atoms with Crippen molar-refractivity contribution < 1.29 is 23.9 Å². The maximum Gasteiger partial charge on any atom is 0.341 e. The molecular weight excluding hydrogens is 424 g/mol. The van der Waals surface area contributed by atoms with Crippen molar-refractivity contribution in [2.45, 2.75) is 24.9 Å². The number of carbonyl (C=O) groups is 1. The van der Waals surface area contributed by atoms with Crippen LogP contribution in [0.4, 0.5) is 8.78 Å². The molecule has 0 saturated carbocycles. The van der Waals surface area contributed by atoms with E-state index in [1.807, 2.05) is 6.07 Å². The summed E-state index contributed by atoms with van der Waals surface area (Å²) in [6.45, 7) is 0. The fourth-order valence-corrected chi connectivity index (χ4v) is 3.40. The van der Waals surface area contributed by atoms with Crippen LogP contribution < -0.4 is 0 Å². The van der Waals surface area contributed by atoms with Crippen molar-refractivity contribution in [3.63, 3.8) is 0 Å². The number of alkyl halides is 1. The van der Waals surface area contributed by atoms with Crippen LogP contribution in [0.1, 0.15) is 24.0 Å². The van der Waals surface area contributed by atoms with Crippen molar-refractivity contribution in [1.29, 1.82) is 0 Å². The number of aliphatic carboxylic acids is 1. The van der Waals surface area contributed by atoms with Crippen LogP contribution >= 0.6 is 11.6 Å². The van der Waals surface area contributed by atoms with Crippen LogP contribution in [0.25, 0.3) is 11.1 Å². The van der Waals surface area contributed by atoms with Crippen LogP contribution in [0.3, 0.4) is 0 Å². The lowest BCUT2D eigenvalue weighted by Crippen LogP contribution is -2.37. The molecule has 0 aliphatic heterocycles. The zero-order chi connectivity index (χ0) is 22.4. The molecular formula is C24H20ClF2NO3. The number of halogens is 3. The van der Waals surface area contributed by atoms with Gasteiger partial charge in [0.1, 0.15) is 5.82 Å². The quantitative estimate of drug-likeness (QED) is 0.249. The first-order valence-corrected chi connectivity index (χ1v) is 9.93. The number of aryl methyl sites for hydroxylation is 1. The number of nitrogens with zero attached hydrogens (tertiary/aromatic N) is 1. The van der Waals surface area contributed by atoms with Gasteiger partial charge in [-0.1, -0.05) is 71.4 Å². The van der Waals surface area contributed by atoms with Gasteiger partial charge in [0.15, 0.2) is 0 Å². The second-order valence-electron chi connectivity index (χ2n) is 7.18. The van der Waals surface area contributed by atoms with Gasteiger partial charge in [0, 0.05) is 22.6 Å². The molecule has 0 bridgehead atoms. The summed E-state index contributed by atoms with van der Waals surface area (Å²) >= 11 is 5.86. The highest BCUT2D eigenvalue weighted by molar-refractivity contribution is 6.30. The summed E-state index contributed by atoms with van der Waals surface area (Å²) in [5.41, 5.74) is -1.18. The molecule has 1 atom stereocenters. The Kier molecular flexibility index (Phi) is 7.02. The fraction of sp³-hybridized carbons (Fsp3) is 0.167. The molecule has 0 radical (unpaired) electrons. The fourth-order valence-electron chi connectivity index (χ4n) is 3.28. The van der Waals surface area contributed by atoms with Crippen LogP contribution in [0.15, 0.2) is 78.0 Å². The first-order chi connectivity index (χ1) is 14.8. The summed E-state index contributed by atoms with van der Waals surface area (Å²) in [6.07, 6.45) is -0.839. The Morgan fingerprint density at radius 2 is 1.71 bits per heavy atom. The Labute approximate surface area is 183 Å². The van der Waals surface area contributed by atoms with Crippen LogP contribution in [-0.2, 0) is 11.2 Å². The zero-order valence-electron chi connectivity index (χ0n) is 16.4. The standard InChI is InChI=1S/C24H20ClF2NO3/c25-19-9-6-17(7-10-19)20-11-8-18(14-21(20)26)22(28-31)15-24(27,23(29)30)13-12-16-4-2-1-3-5-16/h1-11,14,31H,12-13,15H2,(H,29,30)/b28-22+. The molecule has 1 unspecified atom stereocenters. The minimum absolute atomic E-state index is 0.0979. The molecule has 31 heavy (non-hydrogen) atoms. The number of benzene rings is 3. The second-order valence-corrected chi connectivity index (χ2v) is 7.62. The van der Waals surface area contributed by atoms with Gasteiger partial charge in [-0.15, -0.1) is 0 Å². The van der Waals surface area contributed by atoms with Crippen molar-refractivity contribution in [2.24, 2.45) is 5.16 Å². The lowest BCUT2D eigenvalue weighted by molar-refractivity contribution is -0.150. The van der Waals surface area contributed by atoms with Crippen molar-refractivity contribution >= 4 is 23.3 Å². The van der Waals surface area contributed by atoms with Gasteiger partial charge in [-0.25, -0.2) is 13.6 Å². The minimum Gasteiger partial charge on any atom is -0.479 e. The maximum absolute atomic E-state index is 15.3. The summed E-state index contributed by atoms with van der Waals surface area (Å²) in [5, 5.41) is 22.5. The van der Waals surface area contributed by atoms with E-state index >= 15 is 4.39 Å². The number of hydrogen-bond donors (Lipinski definition) is 2. The van der Waals surface area contributed by atoms with Crippen molar-refractivity contribution in [2.75, 3.05) is 0 Å². The molecule has 0 amide bonds. The van der Waals surface area contributed by atoms with Crippen LogP contribution in [0.2, 0.25) is 5.02 Å². The molecule has 0 aliphatic rings. The summed E-state index contributed by atoms with van der Waals surface area (Å²) in [6, 6.07) is 19.5. The van der Waals surface area contributed by atoms with E-state index in [9.17, 15) is 19.5 Å². The number of carboxylic acid groups (broad SMARTS) is 1. The largest absolute Gasteiger partial charge is 0.479 e. The average molecular weight is 444 g/mol. The number of hydrogen-bond acceptors (Lipinski definition) is 3. The third kappa shape index (κ3) is 5.47. The normalized spacial score (nSPS) is 13.6. The molecule has 0 heterocycles. The Morgan fingerprint density at radius 3 is 2.29 bits per heavy atom. The van der Waals surface area contributed by atoms with E-state index < -0.39 is 23.9 Å². The molecule has 4 nitrogen and oxygen atoms in total. The zero-order valence-corrected chi connectivity index (χ0v) is 17.2. The van der Waals surface area contributed by atoms with Gasteiger partial charge in [0.2, 0.25) is 5.67 Å². The van der Waals surface area contributed by atoms with Gasteiger partial charge < -0.3 is 10.3 Å². The summed E-state index contributed by atoms with van der Waals surface area (Å²) in [5.74, 6) is -2.28. The first-order valence-electron chi connectivity index (χ1n) is 9.55. The van der Waals surface area contributed by atoms with Gasteiger partial charge >= 0.3 is 5.97 Å². The summed E-state index contributed by atoms with van der Waals surface area (Å²) in [4.78, 5) is 11.7. The smallest absolute Gasteiger partial charge is 0.341 e. The lowest BCUT2D eigenvalue weighted by Gasteiger charge is -2.21. The van der Waals surface area contributed by atoms with E-state index in [2.05, 4.69) is 5.16 Å². The van der Waals surface area contributed by atoms with E-state index in [1.54, 1.807) is 48.5 Å². The van der Waals surface area contributed by atoms with Crippen LogP contribution in [-0.4, -0.2) is 27.7 Å². The highest BCUT2D eigenvalue weighted by Gasteiger charge is 2.40. The Balaban J connectivity index is 1.82. The molecule has 0 fully saturated rings. The van der Waals surface area contributed by atoms with E-state index in [4.69, 9.17) is 11.6 Å². The molecule has 0 aliphatic carbocycles. The Hall–Kier alpha value is -3.25. The molecule has 3 rings (SSSR count). The molecule has 3 aromatic rings. The molecule has 0 aromatic heterocycles. The highest BCUT2D eigenvalue weighted by atomic mass is 35.5. The number of carboxylic acids is 1. The van der Waals surface area contributed by atoms with Gasteiger partial charge in [0.05, 0.1) is 5.71 Å². The maximum atomic E-state index is 15.3. The predicted molar refractivity (Wildman–Crippen MR) is 116 cm³/mol. The molecule has 2 N–H and O–H groups in total. The monoisotopic (exact) mass is 443 g/mol. The van der Waals surface area contributed by atoms with Crippen molar-refractivity contribution in [3.8, 4) is 11.1 Å². The summed E-state index contributed by atoms with van der Waals surface area (Å²) in [7, 11) is 0. The number of rotatable bonds is 8. The van der Waals surface area contributed by atoms with Gasteiger partial charge in [-0.3, -0.25) is 0 Å². The topological polar surface area (TPSA) is 69.9 Å². The Morgan fingerprint density at radius 1 is 1.03 bits per heavy atom. The van der Waals surface area contributed by atoms with E-state index in [0.717, 1.165) is 11.6 Å². The second kappa shape index (κ2) is 9.71. The number of oxime groups is 1. The third-order valence-corrected chi connectivity index (χ3v) is 5.31. The predicted octanol–water partition coefficient (Wildman–Crippen LogP) is 6.14. The van der Waals surface area contributed by atoms with Gasteiger partial charge in [-0.2, -0.15) is 0 Å². The molecule has 160 valence electrons.